The maximum Gasteiger partial charge on any atom is 0.143 e. The van der Waals surface area contributed by atoms with Crippen LogP contribution in [0.1, 0.15) is 37.7 Å². The molecule has 174 valence electrons. The standard InChI is InChI=1S/C27H25F2N3O2/c1-27(2,3)26-16-21(32(31-26)20-7-5-19(28)6-8-20)15-22(33)14-18-4-9-24(17-25(18)29)34-23-10-12-30-13-11-23/h4-13,16-17H,14-15H2,1-3H3. The molecule has 0 N–H and O–H groups in total. The monoisotopic (exact) mass is 461 g/mol. The van der Waals surface area contributed by atoms with E-state index in [1.165, 1.54) is 18.2 Å². The van der Waals surface area contributed by atoms with E-state index in [2.05, 4.69) is 10.1 Å². The highest BCUT2D eigenvalue weighted by atomic mass is 19.1. The Balaban J connectivity index is 1.52. The minimum absolute atomic E-state index is 0.0646. The molecule has 0 aliphatic heterocycles. The third kappa shape index (κ3) is 5.54. The maximum atomic E-state index is 14.7. The number of hydrogen-bond donors (Lipinski definition) is 0. The fourth-order valence-corrected chi connectivity index (χ4v) is 3.47. The smallest absolute Gasteiger partial charge is 0.143 e. The van der Waals surface area contributed by atoms with Crippen LogP contribution in [-0.2, 0) is 23.1 Å². The lowest BCUT2D eigenvalue weighted by Gasteiger charge is -2.14. The minimum Gasteiger partial charge on any atom is -0.457 e. The Hall–Kier alpha value is -3.87. The molecule has 2 aromatic heterocycles. The van der Waals surface area contributed by atoms with Gasteiger partial charge in [0.25, 0.3) is 0 Å². The first-order valence-corrected chi connectivity index (χ1v) is 10.9. The summed E-state index contributed by atoms with van der Waals surface area (Å²) in [7, 11) is 0. The number of halogens is 2. The van der Waals surface area contributed by atoms with E-state index < -0.39 is 5.82 Å². The maximum absolute atomic E-state index is 14.7. The molecule has 0 aliphatic carbocycles. The number of carbonyl (C=O) groups is 1. The van der Waals surface area contributed by atoms with Crippen LogP contribution in [0.2, 0.25) is 0 Å². The van der Waals surface area contributed by atoms with Gasteiger partial charge in [-0.05, 0) is 54.1 Å². The van der Waals surface area contributed by atoms with E-state index in [1.54, 1.807) is 53.5 Å². The van der Waals surface area contributed by atoms with E-state index in [-0.39, 0.29) is 35.4 Å². The zero-order valence-electron chi connectivity index (χ0n) is 19.3. The van der Waals surface area contributed by atoms with Crippen molar-refractivity contribution >= 4 is 5.78 Å². The van der Waals surface area contributed by atoms with Gasteiger partial charge in [-0.25, -0.2) is 13.5 Å². The molecule has 0 unspecified atom stereocenters. The number of nitrogens with zero attached hydrogens (tertiary/aromatic N) is 3. The average Bonchev–Trinajstić information content (AvgIpc) is 3.21. The number of rotatable bonds is 7. The summed E-state index contributed by atoms with van der Waals surface area (Å²) in [6.45, 7) is 6.09. The van der Waals surface area contributed by atoms with Crippen LogP contribution >= 0.6 is 0 Å². The molecule has 0 fully saturated rings. The van der Waals surface area contributed by atoms with E-state index in [9.17, 15) is 13.6 Å². The summed E-state index contributed by atoms with van der Waals surface area (Å²) in [5, 5.41) is 4.66. The van der Waals surface area contributed by atoms with Gasteiger partial charge in [0.05, 0.1) is 17.1 Å². The lowest BCUT2D eigenvalue weighted by Crippen LogP contribution is -2.13. The highest BCUT2D eigenvalue weighted by Gasteiger charge is 2.22. The summed E-state index contributed by atoms with van der Waals surface area (Å²) in [5.74, 6) is -0.143. The van der Waals surface area contributed by atoms with Gasteiger partial charge in [-0.2, -0.15) is 5.10 Å². The van der Waals surface area contributed by atoms with Crippen LogP contribution in [0.5, 0.6) is 11.5 Å². The van der Waals surface area contributed by atoms with Gasteiger partial charge in [0.1, 0.15) is 28.9 Å². The number of Topliss-reactive ketones (excluding diaryl/α,β-unsaturated/α-hetero) is 1. The highest BCUT2D eigenvalue weighted by molar-refractivity contribution is 5.83. The molecule has 0 bridgehead atoms. The second kappa shape index (κ2) is 9.55. The Morgan fingerprint density at radius 3 is 2.26 bits per heavy atom. The van der Waals surface area contributed by atoms with E-state index in [0.717, 1.165) is 5.69 Å². The summed E-state index contributed by atoms with van der Waals surface area (Å²) in [6.07, 6.45) is 3.16. The van der Waals surface area contributed by atoms with Crippen molar-refractivity contribution in [2.24, 2.45) is 0 Å². The molecule has 7 heteroatoms. The zero-order valence-corrected chi connectivity index (χ0v) is 19.3. The van der Waals surface area contributed by atoms with Crippen LogP contribution in [0, 0.1) is 11.6 Å². The number of carbonyl (C=O) groups excluding carboxylic acids is 1. The van der Waals surface area contributed by atoms with E-state index in [1.807, 2.05) is 26.8 Å². The lowest BCUT2D eigenvalue weighted by molar-refractivity contribution is -0.117. The molecule has 4 rings (SSSR count). The Morgan fingerprint density at radius 2 is 1.62 bits per heavy atom. The van der Waals surface area contributed by atoms with Gasteiger partial charge in [0, 0.05) is 36.7 Å². The molecule has 0 atom stereocenters. The molecular weight excluding hydrogens is 436 g/mol. The van der Waals surface area contributed by atoms with E-state index in [4.69, 9.17) is 4.74 Å². The first-order chi connectivity index (χ1) is 16.2. The van der Waals surface area contributed by atoms with Gasteiger partial charge in [-0.3, -0.25) is 9.78 Å². The Labute approximate surface area is 197 Å². The van der Waals surface area contributed by atoms with Gasteiger partial charge in [0.2, 0.25) is 0 Å². The van der Waals surface area contributed by atoms with Gasteiger partial charge in [0.15, 0.2) is 0 Å². The van der Waals surface area contributed by atoms with Crippen LogP contribution in [0.25, 0.3) is 5.69 Å². The van der Waals surface area contributed by atoms with Gasteiger partial charge >= 0.3 is 0 Å². The molecular formula is C27H25F2N3O2. The van der Waals surface area contributed by atoms with Crippen molar-refractivity contribution in [3.63, 3.8) is 0 Å². The van der Waals surface area contributed by atoms with E-state index >= 15 is 0 Å². The number of aromatic nitrogens is 3. The lowest BCUT2D eigenvalue weighted by atomic mass is 9.92. The van der Waals surface area contributed by atoms with Crippen LogP contribution < -0.4 is 4.74 Å². The summed E-state index contributed by atoms with van der Waals surface area (Å²) >= 11 is 0. The van der Waals surface area contributed by atoms with Crippen molar-refractivity contribution < 1.29 is 18.3 Å². The summed E-state index contributed by atoms with van der Waals surface area (Å²) in [5.41, 5.74) is 2.18. The minimum atomic E-state index is -0.512. The Kier molecular flexibility index (Phi) is 6.54. The van der Waals surface area contributed by atoms with Gasteiger partial charge in [-0.1, -0.05) is 26.8 Å². The van der Waals surface area contributed by atoms with Crippen LogP contribution in [0.15, 0.2) is 73.1 Å². The fraction of sp³-hybridized carbons (Fsp3) is 0.222. The molecule has 0 saturated heterocycles. The summed E-state index contributed by atoms with van der Waals surface area (Å²) in [4.78, 5) is 16.8. The molecule has 0 aliphatic rings. The fourth-order valence-electron chi connectivity index (χ4n) is 3.47. The number of ketones is 1. The van der Waals surface area contributed by atoms with Crippen LogP contribution in [-0.4, -0.2) is 20.5 Å². The summed E-state index contributed by atoms with van der Waals surface area (Å²) < 4.78 is 35.4. The molecule has 0 radical (unpaired) electrons. The largest absolute Gasteiger partial charge is 0.457 e. The Bertz CT molecular complexity index is 1290. The quantitative estimate of drug-likeness (QED) is 0.339. The third-order valence-corrected chi connectivity index (χ3v) is 5.30. The average molecular weight is 462 g/mol. The number of pyridine rings is 1. The zero-order chi connectivity index (χ0) is 24.3. The van der Waals surface area contributed by atoms with Crippen molar-refractivity contribution in [1.82, 2.24) is 14.8 Å². The van der Waals surface area contributed by atoms with Crippen molar-refractivity contribution in [2.75, 3.05) is 0 Å². The second-order valence-corrected chi connectivity index (χ2v) is 9.09. The van der Waals surface area contributed by atoms with Gasteiger partial charge < -0.3 is 4.74 Å². The molecule has 2 heterocycles. The highest BCUT2D eigenvalue weighted by Crippen LogP contribution is 2.26. The predicted molar refractivity (Wildman–Crippen MR) is 125 cm³/mol. The number of benzene rings is 2. The second-order valence-electron chi connectivity index (χ2n) is 9.09. The first kappa shape index (κ1) is 23.3. The third-order valence-electron chi connectivity index (χ3n) is 5.30. The molecule has 0 saturated carbocycles. The van der Waals surface area contributed by atoms with Crippen LogP contribution in [0.4, 0.5) is 8.78 Å². The number of hydrogen-bond acceptors (Lipinski definition) is 4. The van der Waals surface area contributed by atoms with Crippen LogP contribution in [0.3, 0.4) is 0 Å². The van der Waals surface area contributed by atoms with Crippen molar-refractivity contribution in [3.05, 3.63) is 102 Å². The SMILES string of the molecule is CC(C)(C)c1cc(CC(=O)Cc2ccc(Oc3ccncc3)cc2F)n(-c2ccc(F)cc2)n1. The predicted octanol–water partition coefficient (Wildman–Crippen LogP) is 5.99. The van der Waals surface area contributed by atoms with Crippen molar-refractivity contribution in [2.45, 2.75) is 39.0 Å². The van der Waals surface area contributed by atoms with Gasteiger partial charge in [-0.15, -0.1) is 0 Å². The molecule has 4 aromatic rings. The molecule has 0 amide bonds. The number of ether oxygens (including phenoxy) is 1. The first-order valence-electron chi connectivity index (χ1n) is 10.9. The molecule has 0 spiro atoms. The van der Waals surface area contributed by atoms with Crippen molar-refractivity contribution in [3.8, 4) is 17.2 Å². The summed E-state index contributed by atoms with van der Waals surface area (Å²) in [6, 6.07) is 15.6. The normalized spacial score (nSPS) is 11.4. The van der Waals surface area contributed by atoms with E-state index in [0.29, 0.717) is 22.9 Å². The molecule has 2 aromatic carbocycles. The van der Waals surface area contributed by atoms with Crippen molar-refractivity contribution in [1.29, 1.82) is 0 Å². The molecule has 5 nitrogen and oxygen atoms in total. The molecule has 34 heavy (non-hydrogen) atoms. The Morgan fingerprint density at radius 1 is 0.912 bits per heavy atom. The topological polar surface area (TPSA) is 57.0 Å².